The Kier molecular flexibility index (Phi) is 16.8. The maximum Gasteiger partial charge on any atom is 0.0897 e. The minimum Gasteiger partial charge on any atom is -0.389 e. The number of aliphatic hydroxyl groups is 1. The Morgan fingerprint density at radius 2 is 1.60 bits per heavy atom. The minimum atomic E-state index is -0.401. The van der Waals surface area contributed by atoms with Crippen LogP contribution in [0.5, 0.6) is 0 Å². The van der Waals surface area contributed by atoms with E-state index in [4.69, 9.17) is 9.47 Å². The number of hydrogen-bond donors (Lipinski definition) is 2. The molecule has 0 fully saturated rings. The van der Waals surface area contributed by atoms with Gasteiger partial charge in [0.25, 0.3) is 0 Å². The van der Waals surface area contributed by atoms with Crippen molar-refractivity contribution in [3.05, 3.63) is 0 Å². The molecular formula is C16H35NO3. The summed E-state index contributed by atoms with van der Waals surface area (Å²) in [4.78, 5) is 0. The summed E-state index contributed by atoms with van der Waals surface area (Å²) in [5.41, 5.74) is 0. The van der Waals surface area contributed by atoms with Gasteiger partial charge in [-0.1, -0.05) is 39.0 Å². The zero-order valence-corrected chi connectivity index (χ0v) is 13.5. The minimum absolute atomic E-state index is 0.401. The second-order valence-electron chi connectivity index (χ2n) is 5.25. The lowest BCUT2D eigenvalue weighted by Crippen LogP contribution is -2.31. The fraction of sp³-hybridized carbons (Fsp3) is 1.00. The van der Waals surface area contributed by atoms with Gasteiger partial charge < -0.3 is 19.9 Å². The fourth-order valence-electron chi connectivity index (χ4n) is 1.97. The molecule has 0 spiro atoms. The molecule has 0 aromatic heterocycles. The number of hydrogen-bond acceptors (Lipinski definition) is 4. The van der Waals surface area contributed by atoms with Gasteiger partial charge in [0.1, 0.15) is 0 Å². The molecule has 1 unspecified atom stereocenters. The summed E-state index contributed by atoms with van der Waals surface area (Å²) in [5.74, 6) is 0. The number of rotatable bonds is 16. The lowest BCUT2D eigenvalue weighted by Gasteiger charge is -2.12. The molecule has 0 aliphatic rings. The van der Waals surface area contributed by atoms with E-state index in [-0.39, 0.29) is 0 Å². The van der Waals surface area contributed by atoms with Crippen LogP contribution in [-0.2, 0) is 9.47 Å². The Labute approximate surface area is 125 Å². The van der Waals surface area contributed by atoms with Gasteiger partial charge in [0, 0.05) is 26.4 Å². The van der Waals surface area contributed by atoms with Crippen LogP contribution >= 0.6 is 0 Å². The molecule has 20 heavy (non-hydrogen) atoms. The van der Waals surface area contributed by atoms with Crippen molar-refractivity contribution < 1.29 is 14.6 Å². The zero-order chi connectivity index (χ0) is 14.9. The van der Waals surface area contributed by atoms with E-state index < -0.39 is 6.10 Å². The first-order valence-electron chi connectivity index (χ1n) is 8.35. The third kappa shape index (κ3) is 15.9. The highest BCUT2D eigenvalue weighted by Gasteiger charge is 2.03. The Balaban J connectivity index is 3.10. The summed E-state index contributed by atoms with van der Waals surface area (Å²) < 4.78 is 10.7. The van der Waals surface area contributed by atoms with E-state index >= 15 is 0 Å². The SMILES string of the molecule is CCCCCCCCOCC(O)CNCCCOCC. The standard InChI is InChI=1S/C16H35NO3/c1-3-5-6-7-8-9-12-20-15-16(18)14-17-11-10-13-19-4-2/h16-18H,3-15H2,1-2H3. The van der Waals surface area contributed by atoms with Gasteiger partial charge in [-0.05, 0) is 26.3 Å². The highest BCUT2D eigenvalue weighted by atomic mass is 16.5. The van der Waals surface area contributed by atoms with Gasteiger partial charge >= 0.3 is 0 Å². The van der Waals surface area contributed by atoms with Crippen molar-refractivity contribution >= 4 is 0 Å². The smallest absolute Gasteiger partial charge is 0.0897 e. The normalized spacial score (nSPS) is 12.8. The second-order valence-corrected chi connectivity index (χ2v) is 5.25. The molecule has 0 aromatic rings. The van der Waals surface area contributed by atoms with Crippen molar-refractivity contribution in [1.29, 1.82) is 0 Å². The first-order chi connectivity index (χ1) is 9.81. The third-order valence-electron chi connectivity index (χ3n) is 3.18. The molecule has 0 aliphatic carbocycles. The van der Waals surface area contributed by atoms with Gasteiger partial charge in [0.05, 0.1) is 12.7 Å². The van der Waals surface area contributed by atoms with Crippen LogP contribution in [-0.4, -0.2) is 50.7 Å². The van der Waals surface area contributed by atoms with Crippen molar-refractivity contribution in [3.8, 4) is 0 Å². The number of aliphatic hydroxyl groups excluding tert-OH is 1. The molecule has 0 aliphatic heterocycles. The van der Waals surface area contributed by atoms with Crippen molar-refractivity contribution in [2.75, 3.05) is 39.5 Å². The van der Waals surface area contributed by atoms with E-state index in [0.29, 0.717) is 13.2 Å². The van der Waals surface area contributed by atoms with Gasteiger partial charge in [-0.25, -0.2) is 0 Å². The Hall–Kier alpha value is -0.160. The lowest BCUT2D eigenvalue weighted by molar-refractivity contribution is 0.0352. The van der Waals surface area contributed by atoms with Gasteiger partial charge in [-0.15, -0.1) is 0 Å². The van der Waals surface area contributed by atoms with E-state index in [9.17, 15) is 5.11 Å². The monoisotopic (exact) mass is 289 g/mol. The maximum atomic E-state index is 9.71. The van der Waals surface area contributed by atoms with Crippen LogP contribution in [0.25, 0.3) is 0 Å². The van der Waals surface area contributed by atoms with Crippen LogP contribution in [0, 0.1) is 0 Å². The summed E-state index contributed by atoms with van der Waals surface area (Å²) in [6, 6.07) is 0. The third-order valence-corrected chi connectivity index (χ3v) is 3.18. The van der Waals surface area contributed by atoms with Crippen molar-refractivity contribution in [1.82, 2.24) is 5.32 Å². The Bertz CT molecular complexity index is 179. The summed E-state index contributed by atoms with van der Waals surface area (Å²) in [6.07, 6.45) is 8.21. The van der Waals surface area contributed by atoms with Gasteiger partial charge in [-0.2, -0.15) is 0 Å². The first-order valence-corrected chi connectivity index (χ1v) is 8.35. The van der Waals surface area contributed by atoms with E-state index in [1.807, 2.05) is 6.92 Å². The molecule has 2 N–H and O–H groups in total. The molecule has 0 saturated carbocycles. The van der Waals surface area contributed by atoms with Crippen molar-refractivity contribution in [2.45, 2.75) is 64.9 Å². The van der Waals surface area contributed by atoms with Crippen LogP contribution in [0.4, 0.5) is 0 Å². The molecule has 4 heteroatoms. The maximum absolute atomic E-state index is 9.71. The van der Waals surface area contributed by atoms with Crippen LogP contribution in [0.2, 0.25) is 0 Å². The van der Waals surface area contributed by atoms with E-state index in [1.54, 1.807) is 0 Å². The second kappa shape index (κ2) is 16.9. The number of nitrogens with one attached hydrogen (secondary N) is 1. The van der Waals surface area contributed by atoms with E-state index in [2.05, 4.69) is 12.2 Å². The summed E-state index contributed by atoms with van der Waals surface area (Å²) in [7, 11) is 0. The predicted octanol–water partition coefficient (Wildman–Crippen LogP) is 2.74. The fourth-order valence-corrected chi connectivity index (χ4v) is 1.97. The number of unbranched alkanes of at least 4 members (excludes halogenated alkanes) is 5. The molecule has 1 atom stereocenters. The first kappa shape index (κ1) is 19.8. The average Bonchev–Trinajstić information content (AvgIpc) is 2.45. The zero-order valence-electron chi connectivity index (χ0n) is 13.5. The van der Waals surface area contributed by atoms with Crippen molar-refractivity contribution in [3.63, 3.8) is 0 Å². The average molecular weight is 289 g/mol. The molecule has 0 radical (unpaired) electrons. The molecule has 0 heterocycles. The Morgan fingerprint density at radius 1 is 0.900 bits per heavy atom. The summed E-state index contributed by atoms with van der Waals surface area (Å²) in [6.45, 7) is 8.48. The van der Waals surface area contributed by atoms with E-state index in [0.717, 1.165) is 39.2 Å². The molecule has 4 nitrogen and oxygen atoms in total. The molecule has 0 aromatic carbocycles. The van der Waals surface area contributed by atoms with Crippen LogP contribution in [0.15, 0.2) is 0 Å². The van der Waals surface area contributed by atoms with Crippen LogP contribution in [0.1, 0.15) is 58.8 Å². The highest BCUT2D eigenvalue weighted by molar-refractivity contribution is 4.58. The highest BCUT2D eigenvalue weighted by Crippen LogP contribution is 2.04. The number of ether oxygens (including phenoxy) is 2. The van der Waals surface area contributed by atoms with E-state index in [1.165, 1.54) is 32.1 Å². The van der Waals surface area contributed by atoms with Gasteiger partial charge in [0.2, 0.25) is 0 Å². The largest absolute Gasteiger partial charge is 0.389 e. The van der Waals surface area contributed by atoms with Gasteiger partial charge in [0.15, 0.2) is 0 Å². The predicted molar refractivity (Wildman–Crippen MR) is 84.2 cm³/mol. The lowest BCUT2D eigenvalue weighted by atomic mass is 10.1. The topological polar surface area (TPSA) is 50.7 Å². The quantitative estimate of drug-likeness (QED) is 0.429. The Morgan fingerprint density at radius 3 is 2.35 bits per heavy atom. The molecular weight excluding hydrogens is 254 g/mol. The van der Waals surface area contributed by atoms with Crippen LogP contribution in [0.3, 0.4) is 0 Å². The van der Waals surface area contributed by atoms with Gasteiger partial charge in [-0.3, -0.25) is 0 Å². The molecule has 0 rings (SSSR count). The molecule has 0 amide bonds. The van der Waals surface area contributed by atoms with Crippen molar-refractivity contribution in [2.24, 2.45) is 0 Å². The molecule has 0 bridgehead atoms. The molecule has 122 valence electrons. The summed E-state index contributed by atoms with van der Waals surface area (Å²) >= 11 is 0. The molecule has 0 saturated heterocycles. The van der Waals surface area contributed by atoms with Crippen LogP contribution < -0.4 is 5.32 Å². The summed E-state index contributed by atoms with van der Waals surface area (Å²) in [5, 5.41) is 12.9.